The van der Waals surface area contributed by atoms with E-state index >= 15 is 0 Å². The first-order valence-corrected chi connectivity index (χ1v) is 6.24. The molecule has 1 unspecified atom stereocenters. The van der Waals surface area contributed by atoms with Crippen molar-refractivity contribution < 1.29 is 9.59 Å². The number of nitrogens with one attached hydrogen (secondary N) is 2. The van der Waals surface area contributed by atoms with Crippen LogP contribution >= 0.6 is 0 Å². The van der Waals surface area contributed by atoms with Crippen molar-refractivity contribution in [2.24, 2.45) is 0 Å². The lowest BCUT2D eigenvalue weighted by molar-refractivity contribution is -0.122. The van der Waals surface area contributed by atoms with Gasteiger partial charge in [-0.25, -0.2) is 5.32 Å². The maximum Gasteiger partial charge on any atom is 0.221 e. The maximum absolute atomic E-state index is 11.5. The molecule has 1 aliphatic rings. The van der Waals surface area contributed by atoms with Gasteiger partial charge in [-0.15, -0.1) is 0 Å². The number of hydrogen-bond donors (Lipinski definition) is 2. The average Bonchev–Trinajstić information content (AvgIpc) is 2.41. The first kappa shape index (κ1) is 14.7. The summed E-state index contributed by atoms with van der Waals surface area (Å²) in [5.74, 6) is -0.0486. The molecule has 0 bridgehead atoms. The molecule has 1 saturated heterocycles. The van der Waals surface area contributed by atoms with Gasteiger partial charge in [0.15, 0.2) is 0 Å². The van der Waals surface area contributed by atoms with Crippen LogP contribution in [-0.2, 0) is 9.59 Å². The zero-order valence-electron chi connectivity index (χ0n) is 10.6. The molecule has 0 saturated carbocycles. The summed E-state index contributed by atoms with van der Waals surface area (Å²) < 4.78 is 0. The summed E-state index contributed by atoms with van der Waals surface area (Å²) in [5, 5.41) is 10.5. The molecule has 0 aromatic carbocycles. The Morgan fingerprint density at radius 1 is 1.61 bits per heavy atom. The Hall–Kier alpha value is -1.40. The second kappa shape index (κ2) is 8.66. The van der Waals surface area contributed by atoms with E-state index in [1.54, 1.807) is 0 Å². The van der Waals surface area contributed by atoms with Gasteiger partial charge in [-0.3, -0.25) is 9.59 Å². The predicted octanol–water partition coefficient (Wildman–Crippen LogP) is -0.939. The molecule has 1 rings (SSSR count). The summed E-state index contributed by atoms with van der Waals surface area (Å²) in [5.41, 5.74) is 0. The lowest BCUT2D eigenvalue weighted by Gasteiger charge is -2.22. The monoisotopic (exact) mass is 253 g/mol. The topological polar surface area (TPSA) is 75.5 Å². The van der Waals surface area contributed by atoms with Crippen molar-refractivity contribution in [3.63, 3.8) is 0 Å². The van der Waals surface area contributed by atoms with Crippen LogP contribution in [-0.4, -0.2) is 56.0 Å². The van der Waals surface area contributed by atoms with Crippen LogP contribution in [0.15, 0.2) is 12.8 Å². The molecule has 6 heteroatoms. The minimum Gasteiger partial charge on any atom is -0.356 e. The van der Waals surface area contributed by atoms with E-state index in [2.05, 4.69) is 22.5 Å². The number of carbonyl (C=O) groups excluding carboxylic acids is 2. The molecule has 2 N–H and O–H groups in total. The lowest BCUT2D eigenvalue weighted by Crippen LogP contribution is -2.45. The highest BCUT2D eigenvalue weighted by molar-refractivity contribution is 5.76. The number of hydrogen-bond acceptors (Lipinski definition) is 3. The normalized spacial score (nSPS) is 19.0. The van der Waals surface area contributed by atoms with E-state index in [1.807, 2.05) is 0 Å². The highest BCUT2D eigenvalue weighted by Crippen LogP contribution is 1.95. The molecule has 1 atom stereocenters. The van der Waals surface area contributed by atoms with Crippen molar-refractivity contribution in [2.75, 3.05) is 32.7 Å². The number of piperazine rings is 1. The van der Waals surface area contributed by atoms with Crippen LogP contribution in [0.5, 0.6) is 0 Å². The second-order valence-corrected chi connectivity index (χ2v) is 4.18. The Morgan fingerprint density at radius 2 is 2.44 bits per heavy atom. The maximum atomic E-state index is 11.5. The molecular weight excluding hydrogens is 232 g/mol. The van der Waals surface area contributed by atoms with Crippen LogP contribution in [0, 0.1) is 0 Å². The number of nitrogens with zero attached hydrogens (tertiary/aromatic N) is 2. The van der Waals surface area contributed by atoms with Crippen LogP contribution in [0.3, 0.4) is 0 Å². The molecule has 1 radical (unpaired) electrons. The van der Waals surface area contributed by atoms with Crippen molar-refractivity contribution >= 4 is 12.3 Å². The number of amides is 2. The molecule has 1 fully saturated rings. The Morgan fingerprint density at radius 3 is 3.06 bits per heavy atom. The Balaban J connectivity index is 2.05. The van der Waals surface area contributed by atoms with Crippen molar-refractivity contribution in [1.82, 2.24) is 20.9 Å². The van der Waals surface area contributed by atoms with E-state index in [0.717, 1.165) is 26.1 Å². The van der Waals surface area contributed by atoms with Crippen LogP contribution < -0.4 is 16.0 Å². The van der Waals surface area contributed by atoms with Crippen molar-refractivity contribution in [3.8, 4) is 0 Å². The lowest BCUT2D eigenvalue weighted by atomic mass is 10.1. The van der Waals surface area contributed by atoms with E-state index in [1.165, 1.54) is 11.1 Å². The third-order valence-corrected chi connectivity index (χ3v) is 2.82. The Bertz CT molecular complexity index is 269. The van der Waals surface area contributed by atoms with E-state index in [-0.39, 0.29) is 5.91 Å². The highest BCUT2D eigenvalue weighted by Gasteiger charge is 2.13. The Labute approximate surface area is 108 Å². The van der Waals surface area contributed by atoms with Crippen LogP contribution in [0.1, 0.15) is 12.8 Å². The molecule has 18 heavy (non-hydrogen) atoms. The summed E-state index contributed by atoms with van der Waals surface area (Å²) in [4.78, 5) is 23.3. The van der Waals surface area contributed by atoms with Gasteiger partial charge >= 0.3 is 0 Å². The third-order valence-electron chi connectivity index (χ3n) is 2.82. The van der Waals surface area contributed by atoms with Gasteiger partial charge in [0.25, 0.3) is 0 Å². The zero-order chi connectivity index (χ0) is 13.2. The molecule has 0 aromatic heterocycles. The van der Waals surface area contributed by atoms with Gasteiger partial charge in [-0.1, -0.05) is 6.58 Å². The van der Waals surface area contributed by atoms with E-state index in [0.29, 0.717) is 32.0 Å². The molecular formula is C12H21N4O2. The molecule has 0 spiro atoms. The number of rotatable bonds is 8. The second-order valence-electron chi connectivity index (χ2n) is 4.18. The van der Waals surface area contributed by atoms with Crippen LogP contribution in [0.4, 0.5) is 0 Å². The van der Waals surface area contributed by atoms with E-state index in [4.69, 9.17) is 0 Å². The molecule has 1 heterocycles. The summed E-state index contributed by atoms with van der Waals surface area (Å²) in [6.07, 6.45) is 3.22. The van der Waals surface area contributed by atoms with E-state index in [9.17, 15) is 9.59 Å². The first-order chi connectivity index (χ1) is 8.76. The van der Waals surface area contributed by atoms with Crippen molar-refractivity contribution in [2.45, 2.75) is 18.9 Å². The third kappa shape index (κ3) is 5.79. The SMILES string of the molecule is C=CN(C=O)CCC(=O)NCCC1CNCC[N]1. The molecule has 0 aliphatic carbocycles. The fourth-order valence-electron chi connectivity index (χ4n) is 1.74. The zero-order valence-corrected chi connectivity index (χ0v) is 10.6. The van der Waals surface area contributed by atoms with Crippen LogP contribution in [0.2, 0.25) is 0 Å². The van der Waals surface area contributed by atoms with Gasteiger partial charge in [-0.05, 0) is 12.6 Å². The summed E-state index contributed by atoms with van der Waals surface area (Å²) in [7, 11) is 0. The molecule has 0 aromatic rings. The van der Waals surface area contributed by atoms with Crippen molar-refractivity contribution in [3.05, 3.63) is 12.8 Å². The van der Waals surface area contributed by atoms with Crippen LogP contribution in [0.25, 0.3) is 0 Å². The smallest absolute Gasteiger partial charge is 0.221 e. The molecule has 1 aliphatic heterocycles. The standard InChI is InChI=1S/C12H21N4O2/c1-2-16(10-17)8-4-12(18)15-5-3-11-9-13-6-7-14-11/h2,10-11,13H,1,3-9H2,(H,15,18). The molecule has 6 nitrogen and oxygen atoms in total. The molecule has 2 amide bonds. The fraction of sp³-hybridized carbons (Fsp3) is 0.667. The van der Waals surface area contributed by atoms with Gasteiger partial charge in [0.1, 0.15) is 0 Å². The van der Waals surface area contributed by atoms with Gasteiger partial charge in [0.05, 0.1) is 0 Å². The summed E-state index contributed by atoms with van der Waals surface area (Å²) in [6, 6.07) is 0.304. The quantitative estimate of drug-likeness (QED) is 0.548. The Kier molecular flexibility index (Phi) is 7.05. The van der Waals surface area contributed by atoms with Gasteiger partial charge < -0.3 is 15.5 Å². The first-order valence-electron chi connectivity index (χ1n) is 6.24. The average molecular weight is 253 g/mol. The number of carbonyl (C=O) groups is 2. The van der Waals surface area contributed by atoms with E-state index < -0.39 is 0 Å². The van der Waals surface area contributed by atoms with Gasteiger partial charge in [0, 0.05) is 45.2 Å². The molecule has 101 valence electrons. The van der Waals surface area contributed by atoms with Gasteiger partial charge in [-0.2, -0.15) is 0 Å². The minimum atomic E-state index is -0.0486. The van der Waals surface area contributed by atoms with Crippen molar-refractivity contribution in [1.29, 1.82) is 0 Å². The minimum absolute atomic E-state index is 0.0486. The van der Waals surface area contributed by atoms with Gasteiger partial charge in [0.2, 0.25) is 12.3 Å². The highest BCUT2D eigenvalue weighted by atomic mass is 16.2. The fourth-order valence-corrected chi connectivity index (χ4v) is 1.74. The summed E-state index contributed by atoms with van der Waals surface area (Å²) in [6.45, 7) is 7.17. The predicted molar refractivity (Wildman–Crippen MR) is 68.9 cm³/mol. The largest absolute Gasteiger partial charge is 0.356 e. The summed E-state index contributed by atoms with van der Waals surface area (Å²) >= 11 is 0.